The first kappa shape index (κ1) is 23.7. The van der Waals surface area contributed by atoms with Gasteiger partial charge in [0.05, 0.1) is 19.4 Å². The highest BCUT2D eigenvalue weighted by Gasteiger charge is 2.28. The fourth-order valence-corrected chi connectivity index (χ4v) is 4.08. The average molecular weight is 468 g/mol. The van der Waals surface area contributed by atoms with Crippen molar-refractivity contribution < 1.29 is 19.4 Å². The van der Waals surface area contributed by atoms with Crippen LogP contribution in [0.5, 0.6) is 5.88 Å². The van der Waals surface area contributed by atoms with Gasteiger partial charge in [0.1, 0.15) is 12.1 Å². The lowest BCUT2D eigenvalue weighted by atomic mass is 9.94. The van der Waals surface area contributed by atoms with E-state index in [4.69, 9.17) is 9.47 Å². The summed E-state index contributed by atoms with van der Waals surface area (Å²) in [5, 5.41) is 13.2. The Bertz CT molecular complexity index is 1170. The summed E-state index contributed by atoms with van der Waals surface area (Å²) in [5.41, 5.74) is 1.77. The molecule has 3 aromatic rings. The fraction of sp³-hybridized carbons (Fsp3) is 0.417. The first-order chi connectivity index (χ1) is 16.5. The summed E-state index contributed by atoms with van der Waals surface area (Å²) in [5.74, 6) is 0.280. The number of amides is 1. The maximum absolute atomic E-state index is 12.5. The molecule has 2 aromatic heterocycles. The summed E-state index contributed by atoms with van der Waals surface area (Å²) in [6.07, 6.45) is 0.859. The summed E-state index contributed by atoms with van der Waals surface area (Å²) < 4.78 is 12.0. The van der Waals surface area contributed by atoms with Crippen molar-refractivity contribution in [2.24, 2.45) is 5.92 Å². The van der Waals surface area contributed by atoms with Gasteiger partial charge in [-0.1, -0.05) is 30.3 Å². The van der Waals surface area contributed by atoms with Crippen LogP contribution < -0.4 is 15.6 Å². The Balaban J connectivity index is 1.31. The first-order valence-corrected chi connectivity index (χ1v) is 11.3. The normalized spacial score (nSPS) is 18.5. The molecule has 1 aromatic carbocycles. The van der Waals surface area contributed by atoms with Gasteiger partial charge in [0.2, 0.25) is 5.88 Å². The molecule has 0 saturated carbocycles. The second-order valence-electron chi connectivity index (χ2n) is 8.30. The quantitative estimate of drug-likeness (QED) is 0.511. The molecule has 2 N–H and O–H groups in total. The summed E-state index contributed by atoms with van der Waals surface area (Å²) >= 11 is 0. The molecule has 1 aliphatic rings. The summed E-state index contributed by atoms with van der Waals surface area (Å²) in [7, 11) is 1.53. The Morgan fingerprint density at radius 3 is 2.82 bits per heavy atom. The molecule has 1 amide bonds. The number of hydrogen-bond acceptors (Lipinski definition) is 8. The lowest BCUT2D eigenvalue weighted by Crippen LogP contribution is -2.48. The van der Waals surface area contributed by atoms with Crippen LogP contribution in [0.1, 0.15) is 12.0 Å². The average Bonchev–Trinajstić information content (AvgIpc) is 2.87. The van der Waals surface area contributed by atoms with E-state index in [1.807, 2.05) is 30.3 Å². The van der Waals surface area contributed by atoms with Gasteiger partial charge in [0.15, 0.2) is 5.65 Å². The second-order valence-corrected chi connectivity index (χ2v) is 8.30. The Labute approximate surface area is 197 Å². The molecule has 1 saturated heterocycles. The number of piperidine rings is 1. The van der Waals surface area contributed by atoms with Gasteiger partial charge in [-0.25, -0.2) is 9.78 Å². The van der Waals surface area contributed by atoms with Crippen molar-refractivity contribution in [1.29, 1.82) is 0 Å². The van der Waals surface area contributed by atoms with E-state index in [-0.39, 0.29) is 18.1 Å². The van der Waals surface area contributed by atoms with Gasteiger partial charge in [-0.2, -0.15) is 4.98 Å². The molecule has 2 atom stereocenters. The van der Waals surface area contributed by atoms with Crippen LogP contribution in [0, 0.1) is 5.92 Å². The van der Waals surface area contributed by atoms with Gasteiger partial charge < -0.3 is 24.8 Å². The number of aliphatic hydroxyl groups excluding tert-OH is 1. The maximum atomic E-state index is 12.5. The van der Waals surface area contributed by atoms with Crippen molar-refractivity contribution >= 4 is 17.3 Å². The van der Waals surface area contributed by atoms with Crippen LogP contribution in [0.3, 0.4) is 0 Å². The number of nitrogens with zero attached hydrogens (tertiary/aromatic N) is 4. The third-order valence-electron chi connectivity index (χ3n) is 6.01. The Morgan fingerprint density at radius 2 is 2.03 bits per heavy atom. The molecule has 180 valence electrons. The number of rotatable bonds is 8. The summed E-state index contributed by atoms with van der Waals surface area (Å²) in [4.78, 5) is 35.3. The highest BCUT2D eigenvalue weighted by Crippen LogP contribution is 2.18. The fourth-order valence-electron chi connectivity index (χ4n) is 4.08. The van der Waals surface area contributed by atoms with E-state index in [0.29, 0.717) is 56.2 Å². The zero-order valence-corrected chi connectivity index (χ0v) is 19.1. The predicted octanol–water partition coefficient (Wildman–Crippen LogP) is 1.41. The minimum atomic E-state index is -0.513. The Morgan fingerprint density at radius 1 is 1.21 bits per heavy atom. The largest absolute Gasteiger partial charge is 0.481 e. The van der Waals surface area contributed by atoms with Crippen LogP contribution in [-0.4, -0.2) is 70.0 Å². The zero-order chi connectivity index (χ0) is 23.9. The van der Waals surface area contributed by atoms with E-state index in [0.717, 1.165) is 5.56 Å². The number of carbonyl (C=O) groups excluding carboxylic acids is 1. The minimum Gasteiger partial charge on any atom is -0.481 e. The molecule has 0 radical (unpaired) electrons. The van der Waals surface area contributed by atoms with Gasteiger partial charge in [0.25, 0.3) is 5.56 Å². The van der Waals surface area contributed by atoms with Gasteiger partial charge in [-0.15, -0.1) is 0 Å². The third kappa shape index (κ3) is 5.89. The van der Waals surface area contributed by atoms with Gasteiger partial charge in [0, 0.05) is 44.7 Å². The molecule has 3 heterocycles. The maximum Gasteiger partial charge on any atom is 0.407 e. The van der Waals surface area contributed by atoms with Crippen molar-refractivity contribution in [3.05, 3.63) is 64.6 Å². The van der Waals surface area contributed by atoms with E-state index in [1.165, 1.54) is 13.3 Å². The molecular weight excluding hydrogens is 438 g/mol. The van der Waals surface area contributed by atoms with Crippen molar-refractivity contribution in [2.45, 2.75) is 25.7 Å². The second kappa shape index (κ2) is 11.1. The van der Waals surface area contributed by atoms with E-state index >= 15 is 0 Å². The van der Waals surface area contributed by atoms with Crippen molar-refractivity contribution in [3.8, 4) is 5.88 Å². The predicted molar refractivity (Wildman–Crippen MR) is 126 cm³/mol. The summed E-state index contributed by atoms with van der Waals surface area (Å²) in [6.45, 7) is 2.81. The number of alkyl carbamates (subject to hydrolysis) is 1. The Hall–Kier alpha value is -3.50. The highest BCUT2D eigenvalue weighted by molar-refractivity contribution is 5.70. The number of aromatic nitrogens is 3. The number of likely N-dealkylation sites (tertiary alicyclic amines) is 1. The van der Waals surface area contributed by atoms with Crippen molar-refractivity contribution in [3.63, 3.8) is 0 Å². The number of methoxy groups -OCH3 is 1. The van der Waals surface area contributed by atoms with Crippen LogP contribution in [0.15, 0.2) is 53.5 Å². The molecule has 10 heteroatoms. The molecule has 4 rings (SSSR count). The van der Waals surface area contributed by atoms with Crippen LogP contribution in [0.2, 0.25) is 0 Å². The number of ether oxygens (including phenoxy) is 2. The molecule has 10 nitrogen and oxygen atoms in total. The molecule has 0 aliphatic carbocycles. The van der Waals surface area contributed by atoms with Gasteiger partial charge >= 0.3 is 6.09 Å². The molecule has 0 spiro atoms. The molecule has 34 heavy (non-hydrogen) atoms. The lowest BCUT2D eigenvalue weighted by Gasteiger charge is -2.36. The van der Waals surface area contributed by atoms with Crippen LogP contribution in [-0.2, 0) is 17.9 Å². The number of fused-ring (bicyclic) bond motifs is 1. The number of aliphatic hydroxyl groups is 1. The van der Waals surface area contributed by atoms with Crippen LogP contribution in [0.4, 0.5) is 4.79 Å². The van der Waals surface area contributed by atoms with Crippen molar-refractivity contribution in [1.82, 2.24) is 24.8 Å². The minimum absolute atomic E-state index is 0.137. The van der Waals surface area contributed by atoms with Gasteiger partial charge in [-0.05, 0) is 18.1 Å². The van der Waals surface area contributed by atoms with E-state index in [9.17, 15) is 14.7 Å². The monoisotopic (exact) mass is 467 g/mol. The number of hydrogen-bond donors (Lipinski definition) is 2. The Kier molecular flexibility index (Phi) is 7.71. The van der Waals surface area contributed by atoms with Crippen LogP contribution in [0.25, 0.3) is 11.2 Å². The van der Waals surface area contributed by atoms with E-state index in [2.05, 4.69) is 20.2 Å². The summed E-state index contributed by atoms with van der Waals surface area (Å²) in [6, 6.07) is 12.9. The number of pyridine rings is 1. The SMILES string of the molecule is COc1ccc2ncc(=O)n(CCN3CC[C@@H](O)[C@@H](CNC(=O)OCc4ccccc4)C3)c2n1. The molecule has 1 fully saturated rings. The van der Waals surface area contributed by atoms with E-state index < -0.39 is 12.2 Å². The topological polar surface area (TPSA) is 119 Å². The molecule has 0 bridgehead atoms. The van der Waals surface area contributed by atoms with E-state index in [1.54, 1.807) is 16.7 Å². The van der Waals surface area contributed by atoms with Gasteiger partial charge in [-0.3, -0.25) is 9.36 Å². The number of nitrogens with one attached hydrogen (secondary N) is 1. The molecule has 1 aliphatic heterocycles. The standard InChI is InChI=1S/C24H29N5O5/c1-33-21-8-7-19-23(27-21)29(22(31)14-25-19)12-11-28-10-9-20(30)18(15-28)13-26-24(32)34-16-17-5-3-2-4-6-17/h2-8,14,18,20,30H,9-13,15-16H2,1H3,(H,26,32)/t18-,20+/m0/s1. The first-order valence-electron chi connectivity index (χ1n) is 11.3. The number of carbonyl (C=O) groups is 1. The van der Waals surface area contributed by atoms with Crippen molar-refractivity contribution in [2.75, 3.05) is 33.3 Å². The van der Waals surface area contributed by atoms with Crippen LogP contribution >= 0.6 is 0 Å². The lowest BCUT2D eigenvalue weighted by molar-refractivity contribution is 0.0253. The third-order valence-corrected chi connectivity index (χ3v) is 6.01. The molecule has 0 unspecified atom stereocenters. The number of benzene rings is 1. The smallest absolute Gasteiger partial charge is 0.407 e. The highest BCUT2D eigenvalue weighted by atomic mass is 16.5. The molecular formula is C24H29N5O5. The zero-order valence-electron chi connectivity index (χ0n) is 19.1.